The molecular weight excluding hydrogens is 320 g/mol. The zero-order valence-electron chi connectivity index (χ0n) is 11.0. The van der Waals surface area contributed by atoms with Gasteiger partial charge in [0.15, 0.2) is 0 Å². The summed E-state index contributed by atoms with van der Waals surface area (Å²) in [5, 5.41) is 7.60. The number of amidine groups is 1. The van der Waals surface area contributed by atoms with Crippen molar-refractivity contribution in [2.24, 2.45) is 5.73 Å². The van der Waals surface area contributed by atoms with Gasteiger partial charge < -0.3 is 15.2 Å². The molecule has 0 saturated heterocycles. The van der Waals surface area contributed by atoms with E-state index < -0.39 is 0 Å². The fourth-order valence-corrected chi connectivity index (χ4v) is 2.08. The van der Waals surface area contributed by atoms with Gasteiger partial charge in [0, 0.05) is 10.5 Å². The largest absolute Gasteiger partial charge is 0.494 e. The van der Waals surface area contributed by atoms with Crippen LogP contribution in [0.3, 0.4) is 0 Å². The van der Waals surface area contributed by atoms with E-state index >= 15 is 0 Å². The zero-order chi connectivity index (χ0) is 14.5. The Labute approximate surface area is 126 Å². The molecular formula is C15H15BrN2O2. The van der Waals surface area contributed by atoms with Gasteiger partial charge in [-0.1, -0.05) is 22.0 Å². The van der Waals surface area contributed by atoms with Crippen LogP contribution in [0.4, 0.5) is 0 Å². The molecule has 0 aliphatic rings. The molecule has 20 heavy (non-hydrogen) atoms. The third-order valence-corrected chi connectivity index (χ3v) is 3.07. The molecule has 0 fully saturated rings. The first-order chi connectivity index (χ1) is 9.60. The van der Waals surface area contributed by atoms with Gasteiger partial charge in [-0.2, -0.15) is 0 Å². The van der Waals surface area contributed by atoms with Gasteiger partial charge in [-0.15, -0.1) is 0 Å². The number of hydrogen-bond donors (Lipinski definition) is 2. The van der Waals surface area contributed by atoms with Gasteiger partial charge in [-0.25, -0.2) is 0 Å². The number of benzene rings is 2. The smallest absolute Gasteiger partial charge is 0.138 e. The lowest BCUT2D eigenvalue weighted by Gasteiger charge is -2.11. The van der Waals surface area contributed by atoms with Gasteiger partial charge in [0.25, 0.3) is 0 Å². The molecule has 0 spiro atoms. The van der Waals surface area contributed by atoms with Crippen LogP contribution in [0.5, 0.6) is 17.2 Å². The Bertz CT molecular complexity index is 629. The van der Waals surface area contributed by atoms with Crippen LogP contribution in [0, 0.1) is 5.41 Å². The maximum atomic E-state index is 7.60. The van der Waals surface area contributed by atoms with Crippen LogP contribution >= 0.6 is 15.9 Å². The average molecular weight is 335 g/mol. The molecule has 2 aromatic rings. The van der Waals surface area contributed by atoms with E-state index in [0.29, 0.717) is 23.7 Å². The predicted octanol–water partition coefficient (Wildman–Crippen LogP) is 3.92. The number of hydrogen-bond acceptors (Lipinski definition) is 3. The second kappa shape index (κ2) is 6.43. The summed E-state index contributed by atoms with van der Waals surface area (Å²) in [5.41, 5.74) is 6.12. The normalized spacial score (nSPS) is 10.1. The summed E-state index contributed by atoms with van der Waals surface area (Å²) in [6.07, 6.45) is 0. The molecule has 0 aliphatic carbocycles. The number of rotatable bonds is 5. The maximum Gasteiger partial charge on any atom is 0.138 e. The molecule has 4 nitrogen and oxygen atoms in total. The molecule has 0 aromatic heterocycles. The van der Waals surface area contributed by atoms with Crippen molar-refractivity contribution >= 4 is 21.8 Å². The molecule has 3 N–H and O–H groups in total. The lowest BCUT2D eigenvalue weighted by atomic mass is 10.2. The van der Waals surface area contributed by atoms with E-state index in [9.17, 15) is 0 Å². The minimum atomic E-state index is -0.0396. The second-order valence-corrected chi connectivity index (χ2v) is 4.98. The lowest BCUT2D eigenvalue weighted by molar-refractivity contribution is 0.338. The summed E-state index contributed by atoms with van der Waals surface area (Å²) in [7, 11) is 0. The van der Waals surface area contributed by atoms with E-state index in [1.165, 1.54) is 0 Å². The summed E-state index contributed by atoms with van der Waals surface area (Å²) in [6.45, 7) is 2.52. The Balaban J connectivity index is 2.30. The Morgan fingerprint density at radius 1 is 1.20 bits per heavy atom. The van der Waals surface area contributed by atoms with Crippen molar-refractivity contribution in [3.05, 3.63) is 52.5 Å². The molecule has 5 heteroatoms. The van der Waals surface area contributed by atoms with E-state index in [2.05, 4.69) is 15.9 Å². The Kier molecular flexibility index (Phi) is 4.63. The summed E-state index contributed by atoms with van der Waals surface area (Å²) in [6, 6.07) is 12.7. The molecule has 2 rings (SSSR count). The average Bonchev–Trinajstić information content (AvgIpc) is 2.41. The second-order valence-electron chi connectivity index (χ2n) is 4.06. The number of nitrogen functional groups attached to an aromatic ring is 1. The molecule has 2 aromatic carbocycles. The highest BCUT2D eigenvalue weighted by atomic mass is 79.9. The SMILES string of the molecule is CCOc1cccc(Oc2ccc(Br)cc2C(=N)N)c1. The third kappa shape index (κ3) is 3.51. The first-order valence-electron chi connectivity index (χ1n) is 6.15. The monoisotopic (exact) mass is 334 g/mol. The van der Waals surface area contributed by atoms with Crippen molar-refractivity contribution in [1.29, 1.82) is 5.41 Å². The van der Waals surface area contributed by atoms with Gasteiger partial charge in [0.05, 0.1) is 12.2 Å². The standard InChI is InChI=1S/C15H15BrN2O2/c1-2-19-11-4-3-5-12(9-11)20-14-7-6-10(16)8-13(14)15(17)18/h3-9H,2H2,1H3,(H3,17,18). The number of halogens is 1. The highest BCUT2D eigenvalue weighted by molar-refractivity contribution is 9.10. The molecule has 0 atom stereocenters. The number of nitrogens with two attached hydrogens (primary N) is 1. The summed E-state index contributed by atoms with van der Waals surface area (Å²) >= 11 is 3.35. The topological polar surface area (TPSA) is 68.3 Å². The van der Waals surface area contributed by atoms with Crippen LogP contribution in [-0.4, -0.2) is 12.4 Å². The van der Waals surface area contributed by atoms with Gasteiger partial charge in [0.2, 0.25) is 0 Å². The molecule has 0 aliphatic heterocycles. The number of nitrogens with one attached hydrogen (secondary N) is 1. The maximum absolute atomic E-state index is 7.60. The molecule has 104 valence electrons. The van der Waals surface area contributed by atoms with Crippen LogP contribution in [0.1, 0.15) is 12.5 Å². The van der Waals surface area contributed by atoms with E-state index in [0.717, 1.165) is 10.2 Å². The summed E-state index contributed by atoms with van der Waals surface area (Å²) in [4.78, 5) is 0. The van der Waals surface area contributed by atoms with Crippen molar-refractivity contribution in [2.45, 2.75) is 6.92 Å². The van der Waals surface area contributed by atoms with Crippen molar-refractivity contribution in [2.75, 3.05) is 6.61 Å². The highest BCUT2D eigenvalue weighted by Gasteiger charge is 2.09. The Morgan fingerprint density at radius 3 is 2.65 bits per heavy atom. The molecule has 0 saturated carbocycles. The minimum absolute atomic E-state index is 0.0396. The van der Waals surface area contributed by atoms with Gasteiger partial charge in [-0.05, 0) is 37.3 Å². The summed E-state index contributed by atoms with van der Waals surface area (Å²) in [5.74, 6) is 1.88. The highest BCUT2D eigenvalue weighted by Crippen LogP contribution is 2.29. The third-order valence-electron chi connectivity index (χ3n) is 2.58. The number of ether oxygens (including phenoxy) is 2. The van der Waals surface area contributed by atoms with E-state index in [1.54, 1.807) is 18.2 Å². The van der Waals surface area contributed by atoms with E-state index in [1.807, 2.05) is 31.2 Å². The van der Waals surface area contributed by atoms with Crippen molar-refractivity contribution in [1.82, 2.24) is 0 Å². The molecule has 0 heterocycles. The molecule has 0 unspecified atom stereocenters. The molecule has 0 bridgehead atoms. The van der Waals surface area contributed by atoms with Gasteiger partial charge in [0.1, 0.15) is 23.1 Å². The van der Waals surface area contributed by atoms with Crippen LogP contribution in [0.25, 0.3) is 0 Å². The van der Waals surface area contributed by atoms with E-state index in [-0.39, 0.29) is 5.84 Å². The predicted molar refractivity (Wildman–Crippen MR) is 82.8 cm³/mol. The van der Waals surface area contributed by atoms with Crippen molar-refractivity contribution in [3.8, 4) is 17.2 Å². The lowest BCUT2D eigenvalue weighted by Crippen LogP contribution is -2.12. The van der Waals surface area contributed by atoms with Crippen molar-refractivity contribution < 1.29 is 9.47 Å². The molecule has 0 radical (unpaired) electrons. The fraction of sp³-hybridized carbons (Fsp3) is 0.133. The van der Waals surface area contributed by atoms with Crippen LogP contribution in [0.15, 0.2) is 46.9 Å². The van der Waals surface area contributed by atoms with Gasteiger partial charge >= 0.3 is 0 Å². The van der Waals surface area contributed by atoms with Crippen LogP contribution < -0.4 is 15.2 Å². The first-order valence-corrected chi connectivity index (χ1v) is 6.94. The van der Waals surface area contributed by atoms with Crippen LogP contribution in [0.2, 0.25) is 0 Å². The Hall–Kier alpha value is -2.01. The first kappa shape index (κ1) is 14.4. The van der Waals surface area contributed by atoms with Crippen molar-refractivity contribution in [3.63, 3.8) is 0 Å². The minimum Gasteiger partial charge on any atom is -0.494 e. The quantitative estimate of drug-likeness (QED) is 0.643. The van der Waals surface area contributed by atoms with E-state index in [4.69, 9.17) is 20.6 Å². The Morgan fingerprint density at radius 2 is 1.95 bits per heavy atom. The fourth-order valence-electron chi connectivity index (χ4n) is 1.72. The van der Waals surface area contributed by atoms with Gasteiger partial charge in [-0.3, -0.25) is 5.41 Å². The molecule has 0 amide bonds. The summed E-state index contributed by atoms with van der Waals surface area (Å²) < 4.78 is 12.1. The zero-order valence-corrected chi connectivity index (χ0v) is 12.6. The van der Waals surface area contributed by atoms with Crippen LogP contribution in [-0.2, 0) is 0 Å².